The molecule has 2 aromatic rings. The van der Waals surface area contributed by atoms with Crippen molar-refractivity contribution in [3.63, 3.8) is 0 Å². The lowest BCUT2D eigenvalue weighted by Crippen LogP contribution is -2.11. The third-order valence-electron chi connectivity index (χ3n) is 3.34. The molecule has 1 atom stereocenters. The van der Waals surface area contributed by atoms with Crippen LogP contribution < -0.4 is 10.1 Å². The van der Waals surface area contributed by atoms with Gasteiger partial charge in [-0.1, -0.05) is 30.3 Å². The zero-order chi connectivity index (χ0) is 15.9. The number of hydrogen-bond donors (Lipinski definition) is 2. The standard InChI is InChI=1S/C17H19F2NO2/c1-12(15-4-2-3-5-16(15)22-17(18)19)20-14-8-6-13(7-9-14)10-11-21/h2-9,12,17,20-21H,10-11H2,1H3. The van der Waals surface area contributed by atoms with Crippen LogP contribution in [0.3, 0.4) is 0 Å². The number of aliphatic hydroxyl groups is 1. The monoisotopic (exact) mass is 307 g/mol. The van der Waals surface area contributed by atoms with Crippen LogP contribution in [0.2, 0.25) is 0 Å². The maximum Gasteiger partial charge on any atom is 0.387 e. The molecule has 0 aromatic heterocycles. The number of ether oxygens (including phenoxy) is 1. The summed E-state index contributed by atoms with van der Waals surface area (Å²) in [6.45, 7) is -0.845. The molecule has 118 valence electrons. The third-order valence-corrected chi connectivity index (χ3v) is 3.34. The number of para-hydroxylation sites is 1. The number of halogens is 2. The second-order valence-electron chi connectivity index (χ2n) is 4.95. The fourth-order valence-corrected chi connectivity index (χ4v) is 2.27. The van der Waals surface area contributed by atoms with Crippen molar-refractivity contribution in [1.82, 2.24) is 0 Å². The lowest BCUT2D eigenvalue weighted by molar-refractivity contribution is -0.0505. The van der Waals surface area contributed by atoms with E-state index in [1.165, 1.54) is 6.07 Å². The Kier molecular flexibility index (Phi) is 5.72. The summed E-state index contributed by atoms with van der Waals surface area (Å²) in [6.07, 6.45) is 0.612. The van der Waals surface area contributed by atoms with Gasteiger partial charge in [-0.05, 0) is 37.1 Å². The van der Waals surface area contributed by atoms with E-state index < -0.39 is 6.61 Å². The molecule has 0 aliphatic heterocycles. The second kappa shape index (κ2) is 7.75. The Balaban J connectivity index is 2.10. The van der Waals surface area contributed by atoms with Crippen molar-refractivity contribution < 1.29 is 18.6 Å². The van der Waals surface area contributed by atoms with E-state index in [1.807, 2.05) is 31.2 Å². The summed E-state index contributed by atoms with van der Waals surface area (Å²) in [5, 5.41) is 12.1. The predicted molar refractivity (Wildman–Crippen MR) is 82.3 cm³/mol. The summed E-state index contributed by atoms with van der Waals surface area (Å²) < 4.78 is 29.4. The Labute approximate surface area is 128 Å². The summed E-state index contributed by atoms with van der Waals surface area (Å²) in [6, 6.07) is 14.2. The van der Waals surface area contributed by atoms with Crippen molar-refractivity contribution in [2.75, 3.05) is 11.9 Å². The van der Waals surface area contributed by atoms with Gasteiger partial charge in [0, 0.05) is 17.9 Å². The van der Waals surface area contributed by atoms with Gasteiger partial charge in [-0.2, -0.15) is 8.78 Å². The van der Waals surface area contributed by atoms with Crippen LogP contribution in [0.25, 0.3) is 0 Å². The van der Waals surface area contributed by atoms with Crippen LogP contribution in [-0.4, -0.2) is 18.3 Å². The van der Waals surface area contributed by atoms with Crippen molar-refractivity contribution in [3.8, 4) is 5.75 Å². The van der Waals surface area contributed by atoms with Gasteiger partial charge >= 0.3 is 6.61 Å². The van der Waals surface area contributed by atoms with Crippen LogP contribution in [0.5, 0.6) is 5.75 Å². The molecule has 1 unspecified atom stereocenters. The van der Waals surface area contributed by atoms with Crippen molar-refractivity contribution in [2.24, 2.45) is 0 Å². The first kappa shape index (κ1) is 16.2. The molecule has 5 heteroatoms. The van der Waals surface area contributed by atoms with E-state index in [2.05, 4.69) is 10.1 Å². The number of rotatable bonds is 7. The first-order valence-corrected chi connectivity index (χ1v) is 7.10. The minimum absolute atomic E-state index is 0.113. The molecular weight excluding hydrogens is 288 g/mol. The molecule has 0 fully saturated rings. The second-order valence-corrected chi connectivity index (χ2v) is 4.95. The molecule has 0 radical (unpaired) electrons. The summed E-state index contributed by atoms with van der Waals surface area (Å²) in [5.74, 6) is 0.175. The molecular formula is C17H19F2NO2. The Morgan fingerprint density at radius 3 is 2.41 bits per heavy atom. The summed E-state index contributed by atoms with van der Waals surface area (Å²) in [5.41, 5.74) is 2.59. The van der Waals surface area contributed by atoms with Gasteiger partial charge in [0.15, 0.2) is 0 Å². The highest BCUT2D eigenvalue weighted by Gasteiger charge is 2.14. The Morgan fingerprint density at radius 1 is 1.09 bits per heavy atom. The Bertz CT molecular complexity index is 587. The van der Waals surface area contributed by atoms with Gasteiger partial charge in [-0.25, -0.2) is 0 Å². The number of hydrogen-bond acceptors (Lipinski definition) is 3. The van der Waals surface area contributed by atoms with E-state index in [9.17, 15) is 8.78 Å². The van der Waals surface area contributed by atoms with Crippen LogP contribution in [0, 0.1) is 0 Å². The van der Waals surface area contributed by atoms with E-state index in [-0.39, 0.29) is 18.4 Å². The van der Waals surface area contributed by atoms with Gasteiger partial charge in [0.25, 0.3) is 0 Å². The lowest BCUT2D eigenvalue weighted by Gasteiger charge is -2.19. The van der Waals surface area contributed by atoms with Crippen molar-refractivity contribution in [3.05, 3.63) is 59.7 Å². The molecule has 0 heterocycles. The third kappa shape index (κ3) is 4.43. The molecule has 0 spiro atoms. The van der Waals surface area contributed by atoms with Crippen molar-refractivity contribution >= 4 is 5.69 Å². The number of anilines is 1. The fraction of sp³-hybridized carbons (Fsp3) is 0.294. The van der Waals surface area contributed by atoms with E-state index in [0.717, 1.165) is 11.3 Å². The molecule has 0 amide bonds. The van der Waals surface area contributed by atoms with E-state index in [1.54, 1.807) is 18.2 Å². The summed E-state index contributed by atoms with van der Waals surface area (Å²) in [4.78, 5) is 0. The zero-order valence-corrected chi connectivity index (χ0v) is 12.3. The van der Waals surface area contributed by atoms with Gasteiger partial charge in [0.2, 0.25) is 0 Å². The van der Waals surface area contributed by atoms with Crippen molar-refractivity contribution in [2.45, 2.75) is 26.0 Å². The molecule has 22 heavy (non-hydrogen) atoms. The number of nitrogens with one attached hydrogen (secondary N) is 1. The van der Waals surface area contributed by atoms with Crippen LogP contribution in [0.4, 0.5) is 14.5 Å². The number of aliphatic hydroxyl groups excluding tert-OH is 1. The maximum absolute atomic E-state index is 12.4. The molecule has 0 saturated heterocycles. The Hall–Kier alpha value is -2.14. The van der Waals surface area contributed by atoms with Crippen LogP contribution >= 0.6 is 0 Å². The maximum atomic E-state index is 12.4. The van der Waals surface area contributed by atoms with Crippen LogP contribution in [0.1, 0.15) is 24.1 Å². The van der Waals surface area contributed by atoms with E-state index in [0.29, 0.717) is 12.0 Å². The fourth-order valence-electron chi connectivity index (χ4n) is 2.27. The van der Waals surface area contributed by atoms with Crippen LogP contribution in [-0.2, 0) is 6.42 Å². The average Bonchev–Trinajstić information content (AvgIpc) is 2.49. The molecule has 2 rings (SSSR count). The molecule has 0 aliphatic rings. The highest BCUT2D eigenvalue weighted by Crippen LogP contribution is 2.28. The quantitative estimate of drug-likeness (QED) is 0.812. The first-order chi connectivity index (χ1) is 10.6. The minimum Gasteiger partial charge on any atom is -0.434 e. The van der Waals surface area contributed by atoms with Crippen molar-refractivity contribution in [1.29, 1.82) is 0 Å². The van der Waals surface area contributed by atoms with E-state index >= 15 is 0 Å². The highest BCUT2D eigenvalue weighted by molar-refractivity contribution is 5.48. The smallest absolute Gasteiger partial charge is 0.387 e. The lowest BCUT2D eigenvalue weighted by atomic mass is 10.1. The molecule has 0 saturated carbocycles. The Morgan fingerprint density at radius 2 is 1.77 bits per heavy atom. The van der Waals surface area contributed by atoms with Gasteiger partial charge in [-0.15, -0.1) is 0 Å². The van der Waals surface area contributed by atoms with Gasteiger partial charge in [0.1, 0.15) is 5.75 Å². The number of benzene rings is 2. The van der Waals surface area contributed by atoms with E-state index in [4.69, 9.17) is 5.11 Å². The van der Waals surface area contributed by atoms with Gasteiger partial charge < -0.3 is 15.2 Å². The zero-order valence-electron chi connectivity index (χ0n) is 12.3. The number of alkyl halides is 2. The normalized spacial score (nSPS) is 12.2. The average molecular weight is 307 g/mol. The van der Waals surface area contributed by atoms with Gasteiger partial charge in [-0.3, -0.25) is 0 Å². The topological polar surface area (TPSA) is 41.5 Å². The minimum atomic E-state index is -2.84. The SMILES string of the molecule is CC(Nc1ccc(CCO)cc1)c1ccccc1OC(F)F. The molecule has 0 aliphatic carbocycles. The molecule has 0 bridgehead atoms. The molecule has 2 N–H and O–H groups in total. The summed E-state index contributed by atoms with van der Waals surface area (Å²) in [7, 11) is 0. The molecule has 2 aromatic carbocycles. The highest BCUT2D eigenvalue weighted by atomic mass is 19.3. The largest absolute Gasteiger partial charge is 0.434 e. The summed E-state index contributed by atoms with van der Waals surface area (Å²) >= 11 is 0. The first-order valence-electron chi connectivity index (χ1n) is 7.10. The van der Waals surface area contributed by atoms with Crippen LogP contribution in [0.15, 0.2) is 48.5 Å². The van der Waals surface area contributed by atoms with Gasteiger partial charge in [0.05, 0.1) is 6.04 Å². The predicted octanol–water partition coefficient (Wildman–Crippen LogP) is 4.00. The molecule has 3 nitrogen and oxygen atoms in total.